The van der Waals surface area contributed by atoms with Gasteiger partial charge in [0.1, 0.15) is 11.6 Å². The number of amides is 1. The molecule has 106 valence electrons. The molecule has 0 spiro atoms. The van der Waals surface area contributed by atoms with Gasteiger partial charge in [-0.1, -0.05) is 6.07 Å². The van der Waals surface area contributed by atoms with E-state index in [2.05, 4.69) is 0 Å². The van der Waals surface area contributed by atoms with Crippen LogP contribution in [0.1, 0.15) is 5.56 Å². The Labute approximate surface area is 107 Å². The number of hydrogen-bond donors (Lipinski definition) is 1. The van der Waals surface area contributed by atoms with E-state index in [0.29, 0.717) is 6.07 Å². The van der Waals surface area contributed by atoms with Crippen LogP contribution < -0.4 is 0 Å². The first-order valence-corrected chi connectivity index (χ1v) is 5.54. The van der Waals surface area contributed by atoms with Crippen LogP contribution in [0.5, 0.6) is 0 Å². The number of rotatable bonds is 6. The van der Waals surface area contributed by atoms with E-state index in [1.807, 2.05) is 0 Å². The molecule has 1 amide bonds. The number of aliphatic hydroxyl groups excluding tert-OH is 1. The zero-order chi connectivity index (χ0) is 14.4. The van der Waals surface area contributed by atoms with E-state index < -0.39 is 43.5 Å². The minimum absolute atomic E-state index is 0.0800. The molecule has 0 aliphatic heterocycles. The molecule has 0 aliphatic rings. The number of alkyl halides is 2. The summed E-state index contributed by atoms with van der Waals surface area (Å²) >= 11 is 0. The molecule has 1 aromatic carbocycles. The van der Waals surface area contributed by atoms with Crippen LogP contribution in [-0.4, -0.2) is 42.0 Å². The summed E-state index contributed by atoms with van der Waals surface area (Å²) in [5, 5.41) is 8.69. The van der Waals surface area contributed by atoms with Crippen molar-refractivity contribution in [2.24, 2.45) is 0 Å². The molecule has 0 fully saturated rings. The Hall–Kier alpha value is -1.63. The van der Waals surface area contributed by atoms with Gasteiger partial charge in [-0.2, -0.15) is 0 Å². The van der Waals surface area contributed by atoms with Crippen LogP contribution in [0.25, 0.3) is 0 Å². The summed E-state index contributed by atoms with van der Waals surface area (Å²) in [5.41, 5.74) is -0.0800. The fourth-order valence-electron chi connectivity index (χ4n) is 1.54. The van der Waals surface area contributed by atoms with Crippen LogP contribution in [0, 0.1) is 11.6 Å². The summed E-state index contributed by atoms with van der Waals surface area (Å²) in [6.07, 6.45) is -3.20. The first kappa shape index (κ1) is 15.4. The topological polar surface area (TPSA) is 40.5 Å². The summed E-state index contributed by atoms with van der Waals surface area (Å²) < 4.78 is 50.5. The van der Waals surface area contributed by atoms with Crippen LogP contribution in [0.2, 0.25) is 0 Å². The molecule has 0 radical (unpaired) electrons. The molecule has 0 heterocycles. The van der Waals surface area contributed by atoms with Crippen molar-refractivity contribution in [1.82, 2.24) is 4.90 Å². The molecule has 0 aliphatic carbocycles. The Balaban J connectivity index is 2.75. The Morgan fingerprint density at radius 1 is 1.32 bits per heavy atom. The highest BCUT2D eigenvalue weighted by molar-refractivity contribution is 5.78. The number of benzene rings is 1. The summed E-state index contributed by atoms with van der Waals surface area (Å²) in [7, 11) is 0. The van der Waals surface area contributed by atoms with Crippen molar-refractivity contribution in [1.29, 1.82) is 0 Å². The fourth-order valence-corrected chi connectivity index (χ4v) is 1.54. The lowest BCUT2D eigenvalue weighted by atomic mass is 10.1. The molecule has 0 atom stereocenters. The standard InChI is InChI=1S/C12H13F4NO2/c13-9-2-1-8(10(14)6-9)5-12(19)17(3-4-18)7-11(15)16/h1-2,6,11,18H,3-5,7H2. The van der Waals surface area contributed by atoms with E-state index in [1.54, 1.807) is 0 Å². The number of hydrogen-bond acceptors (Lipinski definition) is 2. The number of halogens is 4. The zero-order valence-corrected chi connectivity index (χ0v) is 9.95. The summed E-state index contributed by atoms with van der Waals surface area (Å²) in [4.78, 5) is 12.4. The highest BCUT2D eigenvalue weighted by Crippen LogP contribution is 2.12. The van der Waals surface area contributed by atoms with E-state index in [0.717, 1.165) is 17.0 Å². The highest BCUT2D eigenvalue weighted by atomic mass is 19.3. The highest BCUT2D eigenvalue weighted by Gasteiger charge is 2.19. The molecule has 0 saturated heterocycles. The molecule has 1 N–H and O–H groups in total. The van der Waals surface area contributed by atoms with Crippen molar-refractivity contribution in [3.05, 3.63) is 35.4 Å². The molecule has 3 nitrogen and oxygen atoms in total. The van der Waals surface area contributed by atoms with Crippen LogP contribution in [0.3, 0.4) is 0 Å². The second-order valence-electron chi connectivity index (χ2n) is 3.87. The molecular weight excluding hydrogens is 266 g/mol. The van der Waals surface area contributed by atoms with Crippen molar-refractivity contribution in [3.63, 3.8) is 0 Å². The van der Waals surface area contributed by atoms with Gasteiger partial charge in [0, 0.05) is 12.6 Å². The predicted octanol–water partition coefficient (Wildman–Crippen LogP) is 1.59. The van der Waals surface area contributed by atoms with Gasteiger partial charge in [0.05, 0.1) is 19.6 Å². The maximum Gasteiger partial charge on any atom is 0.255 e. The van der Waals surface area contributed by atoms with Crippen molar-refractivity contribution < 1.29 is 27.5 Å². The minimum Gasteiger partial charge on any atom is -0.395 e. The average molecular weight is 279 g/mol. The van der Waals surface area contributed by atoms with Gasteiger partial charge in [0.25, 0.3) is 6.43 Å². The molecule has 0 unspecified atom stereocenters. The van der Waals surface area contributed by atoms with Crippen LogP contribution in [0.4, 0.5) is 17.6 Å². The monoisotopic (exact) mass is 279 g/mol. The number of carbonyl (C=O) groups excluding carboxylic acids is 1. The molecule has 1 rings (SSSR count). The van der Waals surface area contributed by atoms with Crippen molar-refractivity contribution in [2.75, 3.05) is 19.7 Å². The third kappa shape index (κ3) is 4.86. The first-order valence-electron chi connectivity index (χ1n) is 5.54. The average Bonchev–Trinajstić information content (AvgIpc) is 2.31. The fraction of sp³-hybridized carbons (Fsp3) is 0.417. The lowest BCUT2D eigenvalue weighted by Crippen LogP contribution is -2.38. The quantitative estimate of drug-likeness (QED) is 0.803. The van der Waals surface area contributed by atoms with Gasteiger partial charge < -0.3 is 10.0 Å². The Kier molecular flexibility index (Phi) is 5.75. The van der Waals surface area contributed by atoms with E-state index in [9.17, 15) is 22.4 Å². The van der Waals surface area contributed by atoms with Crippen LogP contribution in [0.15, 0.2) is 18.2 Å². The van der Waals surface area contributed by atoms with Gasteiger partial charge in [-0.3, -0.25) is 4.79 Å². The molecular formula is C12H13F4NO2. The van der Waals surface area contributed by atoms with Gasteiger partial charge in [0.2, 0.25) is 5.91 Å². The molecule has 0 aromatic heterocycles. The Morgan fingerprint density at radius 3 is 2.53 bits per heavy atom. The van der Waals surface area contributed by atoms with Crippen molar-refractivity contribution in [3.8, 4) is 0 Å². The third-order valence-corrected chi connectivity index (χ3v) is 2.44. The van der Waals surface area contributed by atoms with E-state index >= 15 is 0 Å². The van der Waals surface area contributed by atoms with E-state index in [1.165, 1.54) is 0 Å². The van der Waals surface area contributed by atoms with Crippen LogP contribution >= 0.6 is 0 Å². The van der Waals surface area contributed by atoms with Gasteiger partial charge >= 0.3 is 0 Å². The largest absolute Gasteiger partial charge is 0.395 e. The normalized spacial score (nSPS) is 10.8. The maximum absolute atomic E-state index is 13.3. The van der Waals surface area contributed by atoms with Crippen LogP contribution in [-0.2, 0) is 11.2 Å². The predicted molar refractivity (Wildman–Crippen MR) is 59.7 cm³/mol. The molecule has 0 saturated carbocycles. The molecule has 7 heteroatoms. The summed E-state index contributed by atoms with van der Waals surface area (Å²) in [6.45, 7) is -1.56. The zero-order valence-electron chi connectivity index (χ0n) is 9.95. The van der Waals surface area contributed by atoms with E-state index in [-0.39, 0.29) is 12.1 Å². The minimum atomic E-state index is -2.74. The second kappa shape index (κ2) is 7.08. The number of nitrogens with zero attached hydrogens (tertiary/aromatic N) is 1. The SMILES string of the molecule is O=C(Cc1ccc(F)cc1F)N(CCO)CC(F)F. The maximum atomic E-state index is 13.3. The molecule has 19 heavy (non-hydrogen) atoms. The van der Waals surface area contributed by atoms with Crippen molar-refractivity contribution in [2.45, 2.75) is 12.8 Å². The lowest BCUT2D eigenvalue weighted by Gasteiger charge is -2.21. The first-order chi connectivity index (χ1) is 8.93. The Morgan fingerprint density at radius 2 is 2.00 bits per heavy atom. The van der Waals surface area contributed by atoms with E-state index in [4.69, 9.17) is 5.11 Å². The summed E-state index contributed by atoms with van der Waals surface area (Å²) in [5.74, 6) is -2.44. The number of aliphatic hydroxyl groups is 1. The third-order valence-electron chi connectivity index (χ3n) is 2.44. The Bertz CT molecular complexity index is 440. The molecule has 1 aromatic rings. The molecule has 0 bridgehead atoms. The lowest BCUT2D eigenvalue weighted by molar-refractivity contribution is -0.133. The number of carbonyl (C=O) groups is 1. The second-order valence-corrected chi connectivity index (χ2v) is 3.87. The van der Waals surface area contributed by atoms with Gasteiger partial charge in [-0.15, -0.1) is 0 Å². The van der Waals surface area contributed by atoms with Gasteiger partial charge in [-0.05, 0) is 11.6 Å². The smallest absolute Gasteiger partial charge is 0.255 e. The van der Waals surface area contributed by atoms with Gasteiger partial charge in [0.15, 0.2) is 0 Å². The van der Waals surface area contributed by atoms with Crippen molar-refractivity contribution >= 4 is 5.91 Å². The van der Waals surface area contributed by atoms with Gasteiger partial charge in [-0.25, -0.2) is 17.6 Å². The summed E-state index contributed by atoms with van der Waals surface area (Å²) in [6, 6.07) is 2.68.